The number of aryl methyl sites for hydroxylation is 2. The Bertz CT molecular complexity index is 566. The van der Waals surface area contributed by atoms with Crippen molar-refractivity contribution < 1.29 is 4.42 Å². The zero-order valence-corrected chi connectivity index (χ0v) is 12.4. The van der Waals surface area contributed by atoms with E-state index in [9.17, 15) is 0 Å². The van der Waals surface area contributed by atoms with Crippen LogP contribution in [0.15, 0.2) is 16.7 Å². The number of aromatic nitrogens is 3. The van der Waals surface area contributed by atoms with E-state index in [4.69, 9.17) is 4.42 Å². The molecule has 0 aliphatic heterocycles. The summed E-state index contributed by atoms with van der Waals surface area (Å²) in [7, 11) is 1.85. The number of hydrogen-bond acceptors (Lipinski definition) is 6. The minimum Gasteiger partial charge on any atom is -0.444 e. The molecule has 0 fully saturated rings. The van der Waals surface area contributed by atoms with Gasteiger partial charge >= 0.3 is 0 Å². The van der Waals surface area contributed by atoms with E-state index in [0.29, 0.717) is 5.89 Å². The zero-order valence-electron chi connectivity index (χ0n) is 12.4. The van der Waals surface area contributed by atoms with Gasteiger partial charge in [-0.05, 0) is 20.3 Å². The molecule has 6 heteroatoms. The lowest BCUT2D eigenvalue weighted by atomic mass is 10.3. The Hall–Kier alpha value is -2.11. The van der Waals surface area contributed by atoms with Crippen LogP contribution in [0.2, 0.25) is 0 Å². The molecule has 0 saturated carbocycles. The standard InChI is InChI=1S/C14H21N5O/c1-5-6-11-18-12(15-4)7-13(19-11)17-10(3)14-16-8-9(2)20-14/h7-8,10H,5-6H2,1-4H3,(H2,15,17,18,19). The molecule has 2 rings (SSSR count). The topological polar surface area (TPSA) is 75.9 Å². The second-order valence-corrected chi connectivity index (χ2v) is 4.73. The van der Waals surface area contributed by atoms with Gasteiger partial charge in [-0.25, -0.2) is 15.0 Å². The lowest BCUT2D eigenvalue weighted by Gasteiger charge is -2.13. The average molecular weight is 275 g/mol. The third kappa shape index (κ3) is 3.46. The third-order valence-corrected chi connectivity index (χ3v) is 2.88. The summed E-state index contributed by atoms with van der Waals surface area (Å²) >= 11 is 0. The first-order valence-corrected chi connectivity index (χ1v) is 6.87. The fourth-order valence-electron chi connectivity index (χ4n) is 1.89. The van der Waals surface area contributed by atoms with E-state index >= 15 is 0 Å². The molecular formula is C14H21N5O. The molecule has 0 amide bonds. The lowest BCUT2D eigenvalue weighted by Crippen LogP contribution is -2.11. The SMILES string of the molecule is CCCc1nc(NC)cc(NC(C)c2ncc(C)o2)n1. The monoisotopic (exact) mass is 275 g/mol. The van der Waals surface area contributed by atoms with Gasteiger partial charge in [-0.3, -0.25) is 0 Å². The normalized spacial score (nSPS) is 12.2. The van der Waals surface area contributed by atoms with E-state index in [0.717, 1.165) is 36.1 Å². The molecule has 20 heavy (non-hydrogen) atoms. The molecule has 0 radical (unpaired) electrons. The second kappa shape index (κ2) is 6.36. The highest BCUT2D eigenvalue weighted by Gasteiger charge is 2.13. The second-order valence-electron chi connectivity index (χ2n) is 4.73. The first-order chi connectivity index (χ1) is 9.62. The van der Waals surface area contributed by atoms with Gasteiger partial charge in [-0.2, -0.15) is 0 Å². The van der Waals surface area contributed by atoms with E-state index < -0.39 is 0 Å². The van der Waals surface area contributed by atoms with Crippen LogP contribution in [0.1, 0.15) is 43.8 Å². The molecule has 0 aliphatic carbocycles. The summed E-state index contributed by atoms with van der Waals surface area (Å²) in [6, 6.07) is 1.84. The van der Waals surface area contributed by atoms with Crippen molar-refractivity contribution in [2.24, 2.45) is 0 Å². The van der Waals surface area contributed by atoms with E-state index in [1.807, 2.05) is 27.0 Å². The molecule has 2 heterocycles. The fourth-order valence-corrected chi connectivity index (χ4v) is 1.89. The molecule has 0 aliphatic rings. The number of rotatable bonds is 6. The summed E-state index contributed by atoms with van der Waals surface area (Å²) in [6.45, 7) is 5.99. The highest BCUT2D eigenvalue weighted by molar-refractivity contribution is 5.47. The minimum atomic E-state index is -0.0437. The predicted molar refractivity (Wildman–Crippen MR) is 78.9 cm³/mol. The van der Waals surface area contributed by atoms with Crippen LogP contribution in [0.5, 0.6) is 0 Å². The molecule has 2 aromatic rings. The Labute approximate surface area is 119 Å². The summed E-state index contributed by atoms with van der Waals surface area (Å²) in [6.07, 6.45) is 3.59. The maximum atomic E-state index is 5.52. The summed E-state index contributed by atoms with van der Waals surface area (Å²) in [5.74, 6) is 3.87. The third-order valence-electron chi connectivity index (χ3n) is 2.88. The quantitative estimate of drug-likeness (QED) is 0.844. The van der Waals surface area contributed by atoms with Crippen molar-refractivity contribution in [2.75, 3.05) is 17.7 Å². The Kier molecular flexibility index (Phi) is 4.55. The van der Waals surface area contributed by atoms with Gasteiger partial charge in [0.05, 0.1) is 6.20 Å². The molecule has 1 unspecified atom stereocenters. The molecule has 0 spiro atoms. The van der Waals surface area contributed by atoms with E-state index in [1.54, 1.807) is 6.20 Å². The maximum absolute atomic E-state index is 5.52. The van der Waals surface area contributed by atoms with Crippen molar-refractivity contribution in [2.45, 2.75) is 39.7 Å². The smallest absolute Gasteiger partial charge is 0.216 e. The van der Waals surface area contributed by atoms with Gasteiger partial charge in [0.15, 0.2) is 0 Å². The van der Waals surface area contributed by atoms with Crippen molar-refractivity contribution in [3.8, 4) is 0 Å². The first kappa shape index (κ1) is 14.3. The molecular weight excluding hydrogens is 254 g/mol. The lowest BCUT2D eigenvalue weighted by molar-refractivity contribution is 0.453. The van der Waals surface area contributed by atoms with Gasteiger partial charge in [0, 0.05) is 19.5 Å². The van der Waals surface area contributed by atoms with Gasteiger partial charge in [0.2, 0.25) is 5.89 Å². The van der Waals surface area contributed by atoms with Crippen molar-refractivity contribution in [1.82, 2.24) is 15.0 Å². The summed E-state index contributed by atoms with van der Waals surface area (Å²) in [5, 5.41) is 6.35. The number of nitrogens with one attached hydrogen (secondary N) is 2. The molecule has 6 nitrogen and oxygen atoms in total. The van der Waals surface area contributed by atoms with Gasteiger partial charge in [-0.1, -0.05) is 6.92 Å². The van der Waals surface area contributed by atoms with Crippen molar-refractivity contribution in [3.63, 3.8) is 0 Å². The maximum Gasteiger partial charge on any atom is 0.216 e. The van der Waals surface area contributed by atoms with Crippen molar-refractivity contribution in [1.29, 1.82) is 0 Å². The van der Waals surface area contributed by atoms with Crippen molar-refractivity contribution in [3.05, 3.63) is 29.7 Å². The van der Waals surface area contributed by atoms with Crippen LogP contribution >= 0.6 is 0 Å². The number of oxazole rings is 1. The Morgan fingerprint density at radius 1 is 1.30 bits per heavy atom. The van der Waals surface area contributed by atoms with Crippen LogP contribution in [0.4, 0.5) is 11.6 Å². The van der Waals surface area contributed by atoms with Gasteiger partial charge < -0.3 is 15.1 Å². The van der Waals surface area contributed by atoms with Crippen LogP contribution < -0.4 is 10.6 Å². The minimum absolute atomic E-state index is 0.0437. The Morgan fingerprint density at radius 2 is 2.05 bits per heavy atom. The number of hydrogen-bond donors (Lipinski definition) is 2. The Morgan fingerprint density at radius 3 is 2.65 bits per heavy atom. The van der Waals surface area contributed by atoms with Crippen molar-refractivity contribution >= 4 is 11.6 Å². The summed E-state index contributed by atoms with van der Waals surface area (Å²) < 4.78 is 5.52. The molecule has 1 atom stereocenters. The largest absolute Gasteiger partial charge is 0.444 e. The average Bonchev–Trinajstić information content (AvgIpc) is 2.85. The van der Waals surface area contributed by atoms with Gasteiger partial charge in [0.25, 0.3) is 0 Å². The first-order valence-electron chi connectivity index (χ1n) is 6.87. The molecule has 108 valence electrons. The molecule has 0 bridgehead atoms. The molecule has 2 N–H and O–H groups in total. The summed E-state index contributed by atoms with van der Waals surface area (Å²) in [5.41, 5.74) is 0. The molecule has 2 aromatic heterocycles. The molecule has 0 aromatic carbocycles. The fraction of sp³-hybridized carbons (Fsp3) is 0.500. The van der Waals surface area contributed by atoms with Crippen LogP contribution in [-0.4, -0.2) is 22.0 Å². The highest BCUT2D eigenvalue weighted by atomic mass is 16.4. The summed E-state index contributed by atoms with van der Waals surface area (Å²) in [4.78, 5) is 13.2. The van der Waals surface area contributed by atoms with E-state index in [1.165, 1.54) is 0 Å². The zero-order chi connectivity index (χ0) is 14.5. The van der Waals surface area contributed by atoms with Crippen LogP contribution in [0.3, 0.4) is 0 Å². The van der Waals surface area contributed by atoms with E-state index in [-0.39, 0.29) is 6.04 Å². The highest BCUT2D eigenvalue weighted by Crippen LogP contribution is 2.19. The van der Waals surface area contributed by atoms with Gasteiger partial charge in [-0.15, -0.1) is 0 Å². The number of nitrogens with zero attached hydrogens (tertiary/aromatic N) is 3. The van der Waals surface area contributed by atoms with E-state index in [2.05, 4.69) is 32.5 Å². The van der Waals surface area contributed by atoms with Crippen LogP contribution in [-0.2, 0) is 6.42 Å². The Balaban J connectivity index is 2.17. The van der Waals surface area contributed by atoms with Gasteiger partial charge in [0.1, 0.15) is 29.3 Å². The predicted octanol–water partition coefficient (Wildman–Crippen LogP) is 2.94. The molecule has 0 saturated heterocycles. The number of anilines is 2. The van der Waals surface area contributed by atoms with Crippen LogP contribution in [0, 0.1) is 6.92 Å². The van der Waals surface area contributed by atoms with Crippen LogP contribution in [0.25, 0.3) is 0 Å².